The highest BCUT2D eigenvalue weighted by Crippen LogP contribution is 2.28. The van der Waals surface area contributed by atoms with Crippen LogP contribution in [0.15, 0.2) is 18.2 Å². The van der Waals surface area contributed by atoms with Crippen molar-refractivity contribution < 1.29 is 8.78 Å². The average Bonchev–Trinajstić information content (AvgIpc) is 2.65. The predicted octanol–water partition coefficient (Wildman–Crippen LogP) is 2.90. The summed E-state index contributed by atoms with van der Waals surface area (Å²) >= 11 is 1.47. The topological polar surface area (TPSA) is 38.9 Å². The first kappa shape index (κ1) is 12.1. The summed E-state index contributed by atoms with van der Waals surface area (Å²) in [4.78, 5) is 5.43. The van der Waals surface area contributed by atoms with E-state index >= 15 is 0 Å². The smallest absolute Gasteiger partial charge is 0.159 e. The molecule has 2 aromatic rings. The Balaban J connectivity index is 2.39. The highest BCUT2D eigenvalue weighted by Gasteiger charge is 2.11. The zero-order valence-corrected chi connectivity index (χ0v) is 10.2. The highest BCUT2D eigenvalue weighted by molar-refractivity contribution is 7.15. The molecule has 1 aromatic carbocycles. The molecule has 0 aliphatic carbocycles. The summed E-state index contributed by atoms with van der Waals surface area (Å²) in [6, 6.07) is 3.81. The Hall–Kier alpha value is -1.33. The van der Waals surface area contributed by atoms with Crippen molar-refractivity contribution in [2.45, 2.75) is 13.3 Å². The second-order valence-corrected chi connectivity index (χ2v) is 4.78. The second kappa shape index (κ2) is 4.89. The fraction of sp³-hybridized carbons (Fsp3) is 0.250. The van der Waals surface area contributed by atoms with E-state index in [1.807, 2.05) is 6.92 Å². The number of aromatic nitrogens is 1. The molecule has 0 fully saturated rings. The Kier molecular flexibility index (Phi) is 3.49. The van der Waals surface area contributed by atoms with E-state index in [0.29, 0.717) is 17.1 Å². The molecule has 5 heteroatoms. The largest absolute Gasteiger partial charge is 0.330 e. The van der Waals surface area contributed by atoms with Crippen LogP contribution in [0.25, 0.3) is 10.6 Å². The normalized spacial score (nSPS) is 10.8. The van der Waals surface area contributed by atoms with Crippen LogP contribution in [0.4, 0.5) is 8.78 Å². The van der Waals surface area contributed by atoms with Gasteiger partial charge < -0.3 is 5.73 Å². The summed E-state index contributed by atoms with van der Waals surface area (Å²) in [7, 11) is 0. The summed E-state index contributed by atoms with van der Waals surface area (Å²) in [5.41, 5.74) is 6.99. The first-order valence-corrected chi connectivity index (χ1v) is 6.05. The molecule has 0 aliphatic rings. The molecule has 0 spiro atoms. The summed E-state index contributed by atoms with van der Waals surface area (Å²) in [5.74, 6) is -1.69. The van der Waals surface area contributed by atoms with Crippen LogP contribution in [-0.2, 0) is 6.42 Å². The van der Waals surface area contributed by atoms with Crippen molar-refractivity contribution in [2.75, 3.05) is 6.54 Å². The number of nitrogens with two attached hydrogens (primary N) is 1. The molecule has 0 atom stereocenters. The molecule has 0 saturated carbocycles. The van der Waals surface area contributed by atoms with Gasteiger partial charge in [-0.15, -0.1) is 11.3 Å². The molecule has 2 nitrogen and oxygen atoms in total. The van der Waals surface area contributed by atoms with Gasteiger partial charge >= 0.3 is 0 Å². The lowest BCUT2D eigenvalue weighted by Gasteiger charge is -1.97. The molecule has 2 N–H and O–H groups in total. The van der Waals surface area contributed by atoms with Crippen molar-refractivity contribution >= 4 is 11.3 Å². The van der Waals surface area contributed by atoms with Crippen molar-refractivity contribution in [3.63, 3.8) is 0 Å². The van der Waals surface area contributed by atoms with Crippen molar-refractivity contribution in [3.8, 4) is 10.6 Å². The van der Waals surface area contributed by atoms with Gasteiger partial charge in [0.1, 0.15) is 5.01 Å². The van der Waals surface area contributed by atoms with E-state index in [-0.39, 0.29) is 0 Å². The third kappa shape index (κ3) is 2.50. The van der Waals surface area contributed by atoms with Crippen LogP contribution in [0.5, 0.6) is 0 Å². The summed E-state index contributed by atoms with van der Waals surface area (Å²) in [5, 5.41) is 0.699. The maximum absolute atomic E-state index is 13.1. The van der Waals surface area contributed by atoms with E-state index in [1.165, 1.54) is 23.5 Å². The minimum atomic E-state index is -0.851. The summed E-state index contributed by atoms with van der Waals surface area (Å²) < 4.78 is 25.9. The van der Waals surface area contributed by atoms with Crippen molar-refractivity contribution in [2.24, 2.45) is 5.73 Å². The monoisotopic (exact) mass is 254 g/mol. The third-order valence-electron chi connectivity index (χ3n) is 2.43. The molecule has 2 rings (SSSR count). The minimum Gasteiger partial charge on any atom is -0.330 e. The number of aryl methyl sites for hydroxylation is 1. The van der Waals surface area contributed by atoms with Crippen molar-refractivity contribution in [1.29, 1.82) is 0 Å². The van der Waals surface area contributed by atoms with E-state index in [2.05, 4.69) is 4.98 Å². The molecule has 0 radical (unpaired) electrons. The lowest BCUT2D eigenvalue weighted by molar-refractivity contribution is 0.509. The number of thiazole rings is 1. The van der Waals surface area contributed by atoms with Crippen LogP contribution in [0.1, 0.15) is 10.6 Å². The van der Waals surface area contributed by atoms with Gasteiger partial charge in [-0.3, -0.25) is 0 Å². The van der Waals surface area contributed by atoms with Crippen LogP contribution in [0.3, 0.4) is 0 Å². The van der Waals surface area contributed by atoms with Crippen LogP contribution >= 0.6 is 11.3 Å². The van der Waals surface area contributed by atoms with Crippen LogP contribution in [-0.4, -0.2) is 11.5 Å². The van der Waals surface area contributed by atoms with Gasteiger partial charge in [-0.25, -0.2) is 13.8 Å². The first-order valence-electron chi connectivity index (χ1n) is 5.23. The minimum absolute atomic E-state index is 0.556. The van der Waals surface area contributed by atoms with Gasteiger partial charge in [-0.2, -0.15) is 0 Å². The van der Waals surface area contributed by atoms with Gasteiger partial charge in [-0.05, 0) is 38.1 Å². The number of rotatable bonds is 3. The van der Waals surface area contributed by atoms with Crippen LogP contribution in [0.2, 0.25) is 0 Å². The van der Waals surface area contributed by atoms with Crippen molar-refractivity contribution in [3.05, 3.63) is 40.4 Å². The molecule has 17 heavy (non-hydrogen) atoms. The number of hydrogen-bond acceptors (Lipinski definition) is 3. The van der Waals surface area contributed by atoms with Crippen LogP contribution < -0.4 is 5.73 Å². The second-order valence-electron chi connectivity index (χ2n) is 3.70. The molecular formula is C12H12F2N2S. The molecular weight excluding hydrogens is 242 g/mol. The van der Waals surface area contributed by atoms with Gasteiger partial charge in [-0.1, -0.05) is 0 Å². The summed E-state index contributed by atoms with van der Waals surface area (Å²) in [6.45, 7) is 2.45. The summed E-state index contributed by atoms with van der Waals surface area (Å²) in [6.07, 6.45) is 0.757. The number of halogens is 2. The molecule has 1 aromatic heterocycles. The van der Waals surface area contributed by atoms with E-state index in [9.17, 15) is 8.78 Å². The Bertz CT molecular complexity index is 537. The maximum Gasteiger partial charge on any atom is 0.159 e. The first-order chi connectivity index (χ1) is 8.11. The Morgan fingerprint density at radius 1 is 1.29 bits per heavy atom. The molecule has 0 amide bonds. The molecule has 0 aliphatic heterocycles. The molecule has 0 unspecified atom stereocenters. The van der Waals surface area contributed by atoms with Crippen molar-refractivity contribution in [1.82, 2.24) is 4.98 Å². The fourth-order valence-electron chi connectivity index (χ4n) is 1.54. The molecule has 0 bridgehead atoms. The maximum atomic E-state index is 13.1. The lowest BCUT2D eigenvalue weighted by Crippen LogP contribution is -2.01. The zero-order valence-electron chi connectivity index (χ0n) is 9.34. The van der Waals surface area contributed by atoms with E-state index in [4.69, 9.17) is 5.73 Å². The molecule has 1 heterocycles. The van der Waals surface area contributed by atoms with E-state index < -0.39 is 11.6 Å². The third-order valence-corrected chi connectivity index (χ3v) is 3.70. The van der Waals surface area contributed by atoms with Gasteiger partial charge in [0.25, 0.3) is 0 Å². The average molecular weight is 254 g/mol. The number of benzene rings is 1. The fourth-order valence-corrected chi connectivity index (χ4v) is 2.62. The lowest BCUT2D eigenvalue weighted by atomic mass is 10.2. The molecule has 0 saturated heterocycles. The quantitative estimate of drug-likeness (QED) is 0.914. The Morgan fingerprint density at radius 2 is 2.06 bits per heavy atom. The van der Waals surface area contributed by atoms with Crippen LogP contribution in [0, 0.1) is 18.6 Å². The predicted molar refractivity (Wildman–Crippen MR) is 65.0 cm³/mol. The Labute approximate surface area is 102 Å². The van der Waals surface area contributed by atoms with Gasteiger partial charge in [0.05, 0.1) is 5.69 Å². The van der Waals surface area contributed by atoms with E-state index in [1.54, 1.807) is 0 Å². The SMILES string of the molecule is Cc1nc(-c2ccc(F)c(F)c2)sc1CCN. The number of nitrogens with zero attached hydrogens (tertiary/aromatic N) is 1. The zero-order chi connectivity index (χ0) is 12.4. The molecule has 90 valence electrons. The highest BCUT2D eigenvalue weighted by atomic mass is 32.1. The van der Waals surface area contributed by atoms with Gasteiger partial charge in [0.2, 0.25) is 0 Å². The number of hydrogen-bond donors (Lipinski definition) is 1. The Morgan fingerprint density at radius 3 is 2.71 bits per heavy atom. The van der Waals surface area contributed by atoms with Gasteiger partial charge in [0, 0.05) is 10.4 Å². The van der Waals surface area contributed by atoms with Gasteiger partial charge in [0.15, 0.2) is 11.6 Å². The standard InChI is InChI=1S/C12H12F2N2S/c1-7-11(4-5-15)17-12(16-7)8-2-3-9(13)10(14)6-8/h2-3,6H,4-5,15H2,1H3. The van der Waals surface area contributed by atoms with E-state index in [0.717, 1.165) is 23.1 Å².